The van der Waals surface area contributed by atoms with Gasteiger partial charge < -0.3 is 0 Å². The third-order valence-electron chi connectivity index (χ3n) is 8.22. The van der Waals surface area contributed by atoms with E-state index in [4.69, 9.17) is 0 Å². The van der Waals surface area contributed by atoms with Crippen molar-refractivity contribution in [1.29, 1.82) is 0 Å². The molecule has 0 nitrogen and oxygen atoms in total. The molecule has 0 spiro atoms. The Kier molecular flexibility index (Phi) is 6.65. The standard InChI is InChI=1S/C25H37I/c1-2-5-20(14-18-8-9-19-6-3-4-7-21(19)15-18)22-10-11-24-17-25(26)13-12-23(24)16-22/h2,5,17-19,21-24H,1,3-4,6-16H2/b20-5+/t18?,19-,21?,22+,23?,24?/m1/s1. The molecule has 0 aromatic heterocycles. The summed E-state index contributed by atoms with van der Waals surface area (Å²) in [4.78, 5) is 0. The fourth-order valence-corrected chi connectivity index (χ4v) is 7.60. The van der Waals surface area contributed by atoms with Crippen molar-refractivity contribution in [3.05, 3.63) is 34.0 Å². The van der Waals surface area contributed by atoms with Crippen LogP contribution in [0.1, 0.15) is 83.5 Å². The Morgan fingerprint density at radius 3 is 2.65 bits per heavy atom. The van der Waals surface area contributed by atoms with Gasteiger partial charge in [0.2, 0.25) is 0 Å². The molecule has 4 aliphatic rings. The van der Waals surface area contributed by atoms with Gasteiger partial charge in [-0.15, -0.1) is 0 Å². The van der Waals surface area contributed by atoms with Crippen LogP contribution < -0.4 is 0 Å². The topological polar surface area (TPSA) is 0 Å². The molecule has 1 heteroatoms. The van der Waals surface area contributed by atoms with Gasteiger partial charge >= 0.3 is 0 Å². The molecule has 0 bridgehead atoms. The van der Waals surface area contributed by atoms with Crippen LogP contribution in [0.4, 0.5) is 0 Å². The van der Waals surface area contributed by atoms with E-state index in [9.17, 15) is 0 Å². The zero-order chi connectivity index (χ0) is 17.9. The maximum atomic E-state index is 4.06. The highest BCUT2D eigenvalue weighted by Crippen LogP contribution is 2.48. The van der Waals surface area contributed by atoms with E-state index in [0.29, 0.717) is 0 Å². The molecular weight excluding hydrogens is 427 g/mol. The van der Waals surface area contributed by atoms with Crippen LogP contribution >= 0.6 is 22.6 Å². The van der Waals surface area contributed by atoms with Gasteiger partial charge in [0.05, 0.1) is 0 Å². The van der Waals surface area contributed by atoms with Gasteiger partial charge in [0.15, 0.2) is 0 Å². The lowest BCUT2D eigenvalue weighted by Crippen LogP contribution is -2.30. The summed E-state index contributed by atoms with van der Waals surface area (Å²) in [6.07, 6.45) is 26.1. The van der Waals surface area contributed by atoms with E-state index in [1.165, 1.54) is 83.5 Å². The molecule has 0 heterocycles. The van der Waals surface area contributed by atoms with Gasteiger partial charge in [0.25, 0.3) is 0 Å². The number of allylic oxidation sites excluding steroid dienone is 5. The van der Waals surface area contributed by atoms with Crippen molar-refractivity contribution in [2.24, 2.45) is 35.5 Å². The van der Waals surface area contributed by atoms with Gasteiger partial charge in [-0.1, -0.05) is 56.1 Å². The van der Waals surface area contributed by atoms with Crippen LogP contribution in [0, 0.1) is 35.5 Å². The molecule has 3 fully saturated rings. The van der Waals surface area contributed by atoms with Crippen molar-refractivity contribution in [1.82, 2.24) is 0 Å². The lowest BCUT2D eigenvalue weighted by molar-refractivity contribution is 0.126. The van der Waals surface area contributed by atoms with Crippen LogP contribution in [0.2, 0.25) is 0 Å². The fourth-order valence-electron chi connectivity index (χ4n) is 6.83. The second-order valence-corrected chi connectivity index (χ2v) is 11.1. The van der Waals surface area contributed by atoms with E-state index < -0.39 is 0 Å². The summed E-state index contributed by atoms with van der Waals surface area (Å²) in [7, 11) is 0. The summed E-state index contributed by atoms with van der Waals surface area (Å²) in [6, 6.07) is 0. The highest BCUT2D eigenvalue weighted by Gasteiger charge is 2.35. The van der Waals surface area contributed by atoms with Crippen molar-refractivity contribution in [3.63, 3.8) is 0 Å². The quantitative estimate of drug-likeness (QED) is 0.290. The molecule has 0 N–H and O–H groups in total. The summed E-state index contributed by atoms with van der Waals surface area (Å²) in [5, 5.41) is 0. The van der Waals surface area contributed by atoms with Crippen LogP contribution in [0.5, 0.6) is 0 Å². The van der Waals surface area contributed by atoms with Gasteiger partial charge in [-0.25, -0.2) is 0 Å². The van der Waals surface area contributed by atoms with Gasteiger partial charge in [-0.2, -0.15) is 0 Å². The maximum absolute atomic E-state index is 4.06. The fraction of sp³-hybridized carbons (Fsp3) is 0.760. The first-order chi connectivity index (χ1) is 12.7. The minimum atomic E-state index is 0.850. The molecule has 4 rings (SSSR count). The monoisotopic (exact) mass is 464 g/mol. The SMILES string of the molecule is C=C/C=C(\CC1CC[C@H]2CCCCC2C1)[C@H]1CCC2C=C(I)CCC2C1. The van der Waals surface area contributed by atoms with Crippen molar-refractivity contribution in [3.8, 4) is 0 Å². The van der Waals surface area contributed by atoms with Crippen LogP contribution in [0.3, 0.4) is 0 Å². The van der Waals surface area contributed by atoms with E-state index >= 15 is 0 Å². The Labute approximate surface area is 175 Å². The number of rotatable bonds is 4. The van der Waals surface area contributed by atoms with E-state index in [0.717, 1.165) is 35.5 Å². The summed E-state index contributed by atoms with van der Waals surface area (Å²) in [6.45, 7) is 4.06. The maximum Gasteiger partial charge on any atom is -0.0131 e. The van der Waals surface area contributed by atoms with Crippen molar-refractivity contribution in [2.75, 3.05) is 0 Å². The van der Waals surface area contributed by atoms with E-state index in [1.54, 1.807) is 9.15 Å². The molecule has 3 saturated carbocycles. The molecule has 0 aliphatic heterocycles. The normalized spacial score (nSPS) is 41.0. The minimum Gasteiger partial charge on any atom is -0.0991 e. The molecule has 26 heavy (non-hydrogen) atoms. The Morgan fingerprint density at radius 1 is 0.962 bits per heavy atom. The first-order valence-corrected chi connectivity index (χ1v) is 12.5. The molecular formula is C25H37I. The third-order valence-corrected chi connectivity index (χ3v) is 9.12. The summed E-state index contributed by atoms with van der Waals surface area (Å²) < 4.78 is 1.62. The first-order valence-electron chi connectivity index (χ1n) is 11.4. The zero-order valence-corrected chi connectivity index (χ0v) is 18.6. The molecule has 0 aromatic carbocycles. The predicted molar refractivity (Wildman–Crippen MR) is 121 cm³/mol. The van der Waals surface area contributed by atoms with Crippen molar-refractivity contribution >= 4 is 22.6 Å². The third kappa shape index (κ3) is 4.50. The molecule has 0 radical (unpaired) electrons. The van der Waals surface area contributed by atoms with Crippen LogP contribution in [-0.4, -0.2) is 0 Å². The zero-order valence-electron chi connectivity index (χ0n) is 16.5. The van der Waals surface area contributed by atoms with Crippen molar-refractivity contribution < 1.29 is 0 Å². The van der Waals surface area contributed by atoms with Gasteiger partial charge in [0.1, 0.15) is 0 Å². The Bertz CT molecular complexity index is 557. The number of fused-ring (bicyclic) bond motifs is 2. The average molecular weight is 464 g/mol. The van der Waals surface area contributed by atoms with Crippen LogP contribution in [0.25, 0.3) is 0 Å². The van der Waals surface area contributed by atoms with Gasteiger partial charge in [0, 0.05) is 0 Å². The molecule has 144 valence electrons. The smallest absolute Gasteiger partial charge is 0.0131 e. The van der Waals surface area contributed by atoms with Crippen molar-refractivity contribution in [2.45, 2.75) is 83.5 Å². The molecule has 0 aromatic rings. The molecule has 4 unspecified atom stereocenters. The number of hydrogen-bond donors (Lipinski definition) is 0. The summed E-state index contributed by atoms with van der Waals surface area (Å²) in [5.41, 5.74) is 1.77. The number of hydrogen-bond acceptors (Lipinski definition) is 0. The largest absolute Gasteiger partial charge is 0.0991 e. The van der Waals surface area contributed by atoms with Crippen LogP contribution in [0.15, 0.2) is 34.0 Å². The van der Waals surface area contributed by atoms with Crippen LogP contribution in [-0.2, 0) is 0 Å². The summed E-state index contributed by atoms with van der Waals surface area (Å²) >= 11 is 2.57. The van der Waals surface area contributed by atoms with E-state index in [2.05, 4.69) is 47.4 Å². The average Bonchev–Trinajstić information content (AvgIpc) is 2.67. The Balaban J connectivity index is 1.37. The lowest BCUT2D eigenvalue weighted by Gasteiger charge is -2.42. The number of halogens is 1. The second-order valence-electron chi connectivity index (χ2n) is 9.75. The molecule has 0 saturated heterocycles. The first kappa shape index (κ1) is 19.3. The van der Waals surface area contributed by atoms with Gasteiger partial charge in [-0.05, 0) is 119 Å². The second kappa shape index (κ2) is 8.97. The molecule has 6 atom stereocenters. The molecule has 4 aliphatic carbocycles. The summed E-state index contributed by atoms with van der Waals surface area (Å²) in [5.74, 6) is 5.80. The van der Waals surface area contributed by atoms with Gasteiger partial charge in [-0.3, -0.25) is 0 Å². The highest BCUT2D eigenvalue weighted by atomic mass is 127. The Hall–Kier alpha value is -0.0500. The minimum absolute atomic E-state index is 0.850. The van der Waals surface area contributed by atoms with E-state index in [1.807, 2.05) is 0 Å². The van der Waals surface area contributed by atoms with E-state index in [-0.39, 0.29) is 0 Å². The predicted octanol–water partition coefficient (Wildman–Crippen LogP) is 8.24. The lowest BCUT2D eigenvalue weighted by atomic mass is 9.64. The molecule has 0 amide bonds. The Morgan fingerprint density at radius 2 is 1.81 bits per heavy atom. The highest BCUT2D eigenvalue weighted by molar-refractivity contribution is 14.1.